The number of nitriles is 1. The third kappa shape index (κ3) is 4.16. The number of carbonyl (C=O) groups excluding carboxylic acids is 1. The highest BCUT2D eigenvalue weighted by Gasteiger charge is 2.33. The van der Waals surface area contributed by atoms with Gasteiger partial charge in [0.15, 0.2) is 0 Å². The van der Waals surface area contributed by atoms with E-state index in [4.69, 9.17) is 5.26 Å². The Kier molecular flexibility index (Phi) is 5.38. The van der Waals surface area contributed by atoms with E-state index in [0.29, 0.717) is 13.0 Å². The van der Waals surface area contributed by atoms with Crippen LogP contribution in [-0.4, -0.2) is 24.0 Å². The molecule has 0 bridgehead atoms. The summed E-state index contributed by atoms with van der Waals surface area (Å²) in [7, 11) is 0. The Morgan fingerprint density at radius 2 is 2.05 bits per heavy atom. The lowest BCUT2D eigenvalue weighted by Crippen LogP contribution is -2.36. The number of carbonyl (C=O) groups is 1. The molecule has 0 atom stereocenters. The van der Waals surface area contributed by atoms with E-state index in [1.807, 2.05) is 6.07 Å². The van der Waals surface area contributed by atoms with Crippen LogP contribution in [0, 0.1) is 11.3 Å². The third-order valence-corrected chi connectivity index (χ3v) is 2.52. The van der Waals surface area contributed by atoms with Gasteiger partial charge in [0.1, 0.15) is 6.54 Å². The third-order valence-electron chi connectivity index (χ3n) is 2.52. The largest absolute Gasteiger partial charge is 0.418 e. The summed E-state index contributed by atoms with van der Waals surface area (Å²) in [5.41, 5.74) is -1.23. The van der Waals surface area contributed by atoms with E-state index in [0.717, 1.165) is 11.0 Å². The fourth-order valence-corrected chi connectivity index (χ4v) is 1.64. The fraction of sp³-hybridized carbons (Fsp3) is 0.385. The molecule has 0 spiro atoms. The summed E-state index contributed by atoms with van der Waals surface area (Å²) >= 11 is 0. The van der Waals surface area contributed by atoms with Crippen molar-refractivity contribution in [1.29, 1.82) is 5.26 Å². The monoisotopic (exact) mass is 285 g/mol. The Morgan fingerprint density at radius 1 is 1.40 bits per heavy atom. The summed E-state index contributed by atoms with van der Waals surface area (Å²) in [6, 6.07) is 5.81. The highest BCUT2D eigenvalue weighted by molar-refractivity contribution is 5.90. The van der Waals surface area contributed by atoms with Crippen LogP contribution in [0.5, 0.6) is 0 Å². The highest BCUT2D eigenvalue weighted by atomic mass is 19.4. The zero-order chi connectivity index (χ0) is 15.2. The maximum atomic E-state index is 12.8. The maximum absolute atomic E-state index is 12.8. The zero-order valence-corrected chi connectivity index (χ0v) is 10.9. The first-order valence-corrected chi connectivity index (χ1v) is 5.99. The van der Waals surface area contributed by atoms with Crippen molar-refractivity contribution in [2.45, 2.75) is 19.5 Å². The van der Waals surface area contributed by atoms with E-state index < -0.39 is 17.8 Å². The molecule has 108 valence electrons. The standard InChI is InChI=1S/C13H14F3N3O/c1-2-8-19(9-7-17)12(20)18-11-6-4-3-5-10(11)13(14,15)16/h3-6H,2,8-9H2,1H3,(H,18,20). The van der Waals surface area contributed by atoms with E-state index in [9.17, 15) is 18.0 Å². The van der Waals surface area contributed by atoms with Crippen LogP contribution in [0.2, 0.25) is 0 Å². The summed E-state index contributed by atoms with van der Waals surface area (Å²) in [6.07, 6.45) is -3.94. The molecule has 20 heavy (non-hydrogen) atoms. The van der Waals surface area contributed by atoms with Gasteiger partial charge in [-0.1, -0.05) is 19.1 Å². The predicted octanol–water partition coefficient (Wildman–Crippen LogP) is 3.47. The SMILES string of the molecule is CCCN(CC#N)C(=O)Nc1ccccc1C(F)(F)F. The predicted molar refractivity (Wildman–Crippen MR) is 67.9 cm³/mol. The first-order valence-electron chi connectivity index (χ1n) is 5.99. The Morgan fingerprint density at radius 3 is 2.60 bits per heavy atom. The Bertz CT molecular complexity index is 508. The average molecular weight is 285 g/mol. The molecule has 2 amide bonds. The second kappa shape index (κ2) is 6.80. The van der Waals surface area contributed by atoms with Gasteiger partial charge >= 0.3 is 12.2 Å². The number of urea groups is 1. The highest BCUT2D eigenvalue weighted by Crippen LogP contribution is 2.34. The van der Waals surface area contributed by atoms with Crippen LogP contribution in [0.1, 0.15) is 18.9 Å². The van der Waals surface area contributed by atoms with Crippen molar-refractivity contribution in [3.05, 3.63) is 29.8 Å². The van der Waals surface area contributed by atoms with Crippen molar-refractivity contribution < 1.29 is 18.0 Å². The summed E-state index contributed by atoms with van der Waals surface area (Å²) in [5.74, 6) is 0. The van der Waals surface area contributed by atoms with Gasteiger partial charge in [0.25, 0.3) is 0 Å². The number of anilines is 1. The summed E-state index contributed by atoms with van der Waals surface area (Å²) < 4.78 is 38.3. The first-order chi connectivity index (χ1) is 9.40. The van der Waals surface area contributed by atoms with Gasteiger partial charge in [0, 0.05) is 6.54 Å². The number of hydrogen-bond donors (Lipinski definition) is 1. The van der Waals surface area contributed by atoms with Gasteiger partial charge in [0.05, 0.1) is 17.3 Å². The van der Waals surface area contributed by atoms with Gasteiger partial charge in [-0.3, -0.25) is 0 Å². The van der Waals surface area contributed by atoms with Crippen molar-refractivity contribution >= 4 is 11.7 Å². The second-order valence-electron chi connectivity index (χ2n) is 4.05. The molecule has 1 aromatic rings. The number of benzene rings is 1. The Labute approximate surface area is 114 Å². The molecule has 1 aromatic carbocycles. The van der Waals surface area contributed by atoms with Crippen LogP contribution in [0.25, 0.3) is 0 Å². The average Bonchev–Trinajstić information content (AvgIpc) is 2.38. The number of hydrogen-bond acceptors (Lipinski definition) is 2. The minimum absolute atomic E-state index is 0.173. The molecule has 0 radical (unpaired) electrons. The molecular formula is C13H14F3N3O. The van der Waals surface area contributed by atoms with Crippen LogP contribution < -0.4 is 5.32 Å². The minimum Gasteiger partial charge on any atom is -0.311 e. The molecule has 0 aliphatic heterocycles. The summed E-state index contributed by atoms with van der Waals surface area (Å²) in [5, 5.41) is 10.8. The molecule has 0 heterocycles. The van der Waals surface area contributed by atoms with Crippen LogP contribution in [0.4, 0.5) is 23.7 Å². The van der Waals surface area contributed by atoms with Crippen molar-refractivity contribution in [2.24, 2.45) is 0 Å². The van der Waals surface area contributed by atoms with E-state index in [1.165, 1.54) is 18.2 Å². The van der Waals surface area contributed by atoms with Crippen LogP contribution in [-0.2, 0) is 6.18 Å². The van der Waals surface area contributed by atoms with Crippen molar-refractivity contribution in [1.82, 2.24) is 4.90 Å². The normalized spacial score (nSPS) is 10.8. The first kappa shape index (κ1) is 15.8. The molecule has 1 N–H and O–H groups in total. The molecule has 0 aliphatic rings. The van der Waals surface area contributed by atoms with E-state index >= 15 is 0 Å². The molecule has 4 nitrogen and oxygen atoms in total. The molecular weight excluding hydrogens is 271 g/mol. The number of alkyl halides is 3. The number of amides is 2. The number of nitrogens with zero attached hydrogens (tertiary/aromatic N) is 2. The smallest absolute Gasteiger partial charge is 0.311 e. The summed E-state index contributed by atoms with van der Waals surface area (Å²) in [6.45, 7) is 1.93. The molecule has 0 fully saturated rings. The van der Waals surface area contributed by atoms with Gasteiger partial charge < -0.3 is 10.2 Å². The van der Waals surface area contributed by atoms with Gasteiger partial charge in [-0.05, 0) is 18.6 Å². The minimum atomic E-state index is -4.55. The maximum Gasteiger partial charge on any atom is 0.418 e. The van der Waals surface area contributed by atoms with E-state index in [-0.39, 0.29) is 12.2 Å². The number of rotatable bonds is 4. The topological polar surface area (TPSA) is 56.1 Å². The number of para-hydroxylation sites is 1. The van der Waals surface area contributed by atoms with Crippen LogP contribution >= 0.6 is 0 Å². The van der Waals surface area contributed by atoms with E-state index in [1.54, 1.807) is 6.92 Å². The fourth-order valence-electron chi connectivity index (χ4n) is 1.64. The number of halogens is 3. The van der Waals surface area contributed by atoms with E-state index in [2.05, 4.69) is 5.32 Å². The summed E-state index contributed by atoms with van der Waals surface area (Å²) in [4.78, 5) is 13.0. The Balaban J connectivity index is 2.93. The lowest BCUT2D eigenvalue weighted by molar-refractivity contribution is -0.136. The quantitative estimate of drug-likeness (QED) is 0.861. The second-order valence-corrected chi connectivity index (χ2v) is 4.05. The van der Waals surface area contributed by atoms with Crippen LogP contribution in [0.3, 0.4) is 0 Å². The van der Waals surface area contributed by atoms with Crippen molar-refractivity contribution in [3.63, 3.8) is 0 Å². The lowest BCUT2D eigenvalue weighted by Gasteiger charge is -2.21. The number of nitrogens with one attached hydrogen (secondary N) is 1. The molecule has 7 heteroatoms. The molecule has 0 saturated heterocycles. The molecule has 0 saturated carbocycles. The zero-order valence-electron chi connectivity index (χ0n) is 10.9. The van der Waals surface area contributed by atoms with Gasteiger partial charge in [-0.15, -0.1) is 0 Å². The molecule has 0 aromatic heterocycles. The molecule has 0 unspecified atom stereocenters. The van der Waals surface area contributed by atoms with Crippen molar-refractivity contribution in [3.8, 4) is 6.07 Å². The van der Waals surface area contributed by atoms with Gasteiger partial charge in [-0.25, -0.2) is 4.79 Å². The van der Waals surface area contributed by atoms with Crippen LogP contribution in [0.15, 0.2) is 24.3 Å². The Hall–Kier alpha value is -2.23. The van der Waals surface area contributed by atoms with Gasteiger partial charge in [0.2, 0.25) is 0 Å². The van der Waals surface area contributed by atoms with Crippen molar-refractivity contribution in [2.75, 3.05) is 18.4 Å². The molecule has 0 aliphatic carbocycles. The lowest BCUT2D eigenvalue weighted by atomic mass is 10.1. The van der Waals surface area contributed by atoms with Gasteiger partial charge in [-0.2, -0.15) is 18.4 Å². The molecule has 1 rings (SSSR count).